The fraction of sp³-hybridized carbons (Fsp3) is 0.238. The van der Waals surface area contributed by atoms with Gasteiger partial charge in [0.25, 0.3) is 11.9 Å². The number of para-hydroxylation sites is 1. The average Bonchev–Trinajstić information content (AvgIpc) is 3.35. The lowest BCUT2D eigenvalue weighted by atomic mass is 10.1. The number of halogens is 1. The van der Waals surface area contributed by atoms with Gasteiger partial charge in [0.15, 0.2) is 0 Å². The number of aromatic nitrogens is 3. The van der Waals surface area contributed by atoms with Gasteiger partial charge in [-0.25, -0.2) is 4.39 Å². The lowest BCUT2D eigenvalue weighted by Gasteiger charge is -2.08. The van der Waals surface area contributed by atoms with Gasteiger partial charge in [0.05, 0.1) is 11.7 Å². The molecule has 1 aromatic heterocycles. The Labute approximate surface area is 172 Å². The third kappa shape index (κ3) is 4.20. The first kappa shape index (κ1) is 19.7. The van der Waals surface area contributed by atoms with Crippen molar-refractivity contribution in [2.45, 2.75) is 25.6 Å². The highest BCUT2D eigenvalue weighted by Gasteiger charge is 2.30. The van der Waals surface area contributed by atoms with Crippen molar-refractivity contribution >= 4 is 23.7 Å². The summed E-state index contributed by atoms with van der Waals surface area (Å²) in [5, 5.41) is 12.5. The highest BCUT2D eigenvalue weighted by atomic mass is 19.1. The van der Waals surface area contributed by atoms with Crippen molar-refractivity contribution in [1.29, 1.82) is 0 Å². The zero-order valence-corrected chi connectivity index (χ0v) is 16.3. The summed E-state index contributed by atoms with van der Waals surface area (Å²) in [7, 11) is 0. The number of anilines is 2. The molecule has 9 heteroatoms. The fourth-order valence-corrected chi connectivity index (χ4v) is 3.28. The first-order valence-corrected chi connectivity index (χ1v) is 9.59. The van der Waals surface area contributed by atoms with Gasteiger partial charge >= 0.3 is 0 Å². The molecule has 0 saturated carbocycles. The molecule has 0 unspecified atom stereocenters. The van der Waals surface area contributed by atoms with Crippen molar-refractivity contribution in [2.75, 3.05) is 17.2 Å². The van der Waals surface area contributed by atoms with Crippen molar-refractivity contribution in [3.8, 4) is 5.69 Å². The Morgan fingerprint density at radius 3 is 2.53 bits per heavy atom. The number of alkyl halides is 1. The normalized spacial score (nSPS) is 18.2. The largest absolute Gasteiger partial charge is 0.303 e. The van der Waals surface area contributed by atoms with E-state index >= 15 is 0 Å². The molecule has 0 aliphatic carbocycles. The second kappa shape index (κ2) is 8.42. The first-order valence-electron chi connectivity index (χ1n) is 9.59. The molecular weight excluding hydrogens is 387 g/mol. The van der Waals surface area contributed by atoms with Crippen LogP contribution >= 0.6 is 0 Å². The van der Waals surface area contributed by atoms with E-state index in [4.69, 9.17) is 0 Å². The van der Waals surface area contributed by atoms with E-state index in [0.29, 0.717) is 11.3 Å². The molecule has 0 spiro atoms. The molecular formula is C21H21FN6O2. The van der Waals surface area contributed by atoms with Gasteiger partial charge in [-0.2, -0.15) is 9.67 Å². The topological polar surface area (TPSA) is 101 Å². The third-order valence-electron chi connectivity index (χ3n) is 4.85. The van der Waals surface area contributed by atoms with E-state index in [1.807, 2.05) is 37.3 Å². The Morgan fingerprint density at radius 2 is 1.83 bits per heavy atom. The van der Waals surface area contributed by atoms with Gasteiger partial charge in [0.1, 0.15) is 6.17 Å². The zero-order valence-electron chi connectivity index (χ0n) is 16.3. The summed E-state index contributed by atoms with van der Waals surface area (Å²) < 4.78 is 14.8. The predicted molar refractivity (Wildman–Crippen MR) is 110 cm³/mol. The van der Waals surface area contributed by atoms with Crippen LogP contribution in [0, 0.1) is 6.92 Å². The SMILES string of the molecule is Cc1ccccc1C(=O)Nc1nc(NC(=O)[C@@H]2C[C@@H](F)CN2)nn1-c1ccccc1. The quantitative estimate of drug-likeness (QED) is 0.602. The molecule has 2 heterocycles. The highest BCUT2D eigenvalue weighted by Crippen LogP contribution is 2.19. The van der Waals surface area contributed by atoms with Crippen LogP contribution in [0.5, 0.6) is 0 Å². The van der Waals surface area contributed by atoms with Crippen LogP contribution in [0.4, 0.5) is 16.3 Å². The van der Waals surface area contributed by atoms with Gasteiger partial charge < -0.3 is 5.32 Å². The zero-order chi connectivity index (χ0) is 21.1. The molecule has 4 rings (SSSR count). The van der Waals surface area contributed by atoms with Crippen LogP contribution in [0.25, 0.3) is 5.69 Å². The van der Waals surface area contributed by atoms with E-state index in [1.54, 1.807) is 24.3 Å². The van der Waals surface area contributed by atoms with Gasteiger partial charge in [0, 0.05) is 18.5 Å². The maximum atomic E-state index is 13.4. The summed E-state index contributed by atoms with van der Waals surface area (Å²) in [5.74, 6) is -0.578. The molecule has 3 aromatic rings. The minimum absolute atomic E-state index is 0.0213. The van der Waals surface area contributed by atoms with E-state index in [2.05, 4.69) is 26.0 Å². The number of nitrogens with one attached hydrogen (secondary N) is 3. The van der Waals surface area contributed by atoms with Gasteiger partial charge in [-0.05, 0) is 30.7 Å². The summed E-state index contributed by atoms with van der Waals surface area (Å²) in [6.07, 6.45) is -0.957. The predicted octanol–water partition coefficient (Wildman–Crippen LogP) is 2.47. The Kier molecular flexibility index (Phi) is 5.53. The van der Waals surface area contributed by atoms with Crippen LogP contribution in [0.1, 0.15) is 22.3 Å². The molecule has 2 aromatic carbocycles. The van der Waals surface area contributed by atoms with E-state index < -0.39 is 18.1 Å². The van der Waals surface area contributed by atoms with Crippen LogP contribution in [0.15, 0.2) is 54.6 Å². The molecule has 2 amide bonds. The summed E-state index contributed by atoms with van der Waals surface area (Å²) in [6, 6.07) is 15.7. The number of benzene rings is 2. The molecule has 3 N–H and O–H groups in total. The van der Waals surface area contributed by atoms with Crippen LogP contribution in [-0.2, 0) is 4.79 Å². The second-order valence-corrected chi connectivity index (χ2v) is 7.06. The minimum Gasteiger partial charge on any atom is -0.303 e. The van der Waals surface area contributed by atoms with Crippen LogP contribution in [0.3, 0.4) is 0 Å². The molecule has 30 heavy (non-hydrogen) atoms. The number of aryl methyl sites for hydroxylation is 1. The van der Waals surface area contributed by atoms with Crippen LogP contribution in [0.2, 0.25) is 0 Å². The lowest BCUT2D eigenvalue weighted by Crippen LogP contribution is -2.35. The van der Waals surface area contributed by atoms with Crippen molar-refractivity contribution in [1.82, 2.24) is 20.1 Å². The van der Waals surface area contributed by atoms with Crippen molar-refractivity contribution in [3.63, 3.8) is 0 Å². The summed E-state index contributed by atoms with van der Waals surface area (Å²) in [6.45, 7) is 1.98. The van der Waals surface area contributed by atoms with Gasteiger partial charge in [-0.1, -0.05) is 36.4 Å². The molecule has 0 bridgehead atoms. The van der Waals surface area contributed by atoms with E-state index in [-0.39, 0.29) is 30.8 Å². The van der Waals surface area contributed by atoms with E-state index in [9.17, 15) is 14.0 Å². The average molecular weight is 408 g/mol. The standard InChI is InChI=1S/C21H21FN6O2/c1-13-7-5-6-10-16(13)18(29)25-21-26-20(24-19(30)17-11-14(22)12-23-17)27-28(21)15-8-3-2-4-9-15/h2-10,14,17,23H,11-12H2,1H3,(H2,24,25,26,27,29,30)/t14-,17+/m1/s1. The Bertz CT molecular complexity index is 1070. The number of hydrogen-bond acceptors (Lipinski definition) is 5. The molecule has 154 valence electrons. The second-order valence-electron chi connectivity index (χ2n) is 7.06. The lowest BCUT2D eigenvalue weighted by molar-refractivity contribution is -0.117. The number of rotatable bonds is 5. The molecule has 1 aliphatic rings. The Morgan fingerprint density at radius 1 is 1.10 bits per heavy atom. The number of amides is 2. The minimum atomic E-state index is -1.06. The van der Waals surface area contributed by atoms with Crippen molar-refractivity contribution in [2.24, 2.45) is 0 Å². The van der Waals surface area contributed by atoms with Gasteiger partial charge in [0.2, 0.25) is 11.9 Å². The molecule has 1 fully saturated rings. The Hall–Kier alpha value is -3.59. The highest BCUT2D eigenvalue weighted by molar-refractivity contribution is 6.04. The number of hydrogen-bond donors (Lipinski definition) is 3. The number of carbonyl (C=O) groups is 2. The summed E-state index contributed by atoms with van der Waals surface area (Å²) >= 11 is 0. The monoisotopic (exact) mass is 408 g/mol. The van der Waals surface area contributed by atoms with Crippen LogP contribution < -0.4 is 16.0 Å². The number of carbonyl (C=O) groups excluding carboxylic acids is 2. The van der Waals surface area contributed by atoms with E-state index in [1.165, 1.54) is 4.68 Å². The smallest absolute Gasteiger partial charge is 0.258 e. The molecule has 8 nitrogen and oxygen atoms in total. The number of nitrogens with zero attached hydrogens (tertiary/aromatic N) is 3. The van der Waals surface area contributed by atoms with Gasteiger partial charge in [-0.15, -0.1) is 5.10 Å². The summed E-state index contributed by atoms with van der Waals surface area (Å²) in [5.41, 5.74) is 1.99. The van der Waals surface area contributed by atoms with E-state index in [0.717, 1.165) is 5.56 Å². The maximum absolute atomic E-state index is 13.4. The van der Waals surface area contributed by atoms with Crippen molar-refractivity contribution in [3.05, 3.63) is 65.7 Å². The molecule has 1 aliphatic heterocycles. The Balaban J connectivity index is 1.61. The van der Waals surface area contributed by atoms with Crippen LogP contribution in [-0.4, -0.2) is 45.3 Å². The summed E-state index contributed by atoms with van der Waals surface area (Å²) in [4.78, 5) is 29.4. The molecule has 1 saturated heterocycles. The molecule has 0 radical (unpaired) electrons. The van der Waals surface area contributed by atoms with Crippen molar-refractivity contribution < 1.29 is 14.0 Å². The maximum Gasteiger partial charge on any atom is 0.258 e. The van der Waals surface area contributed by atoms with Gasteiger partial charge in [-0.3, -0.25) is 20.2 Å². The third-order valence-corrected chi connectivity index (χ3v) is 4.85. The first-order chi connectivity index (χ1) is 14.5. The molecule has 2 atom stereocenters. The fourth-order valence-electron chi connectivity index (χ4n) is 3.28.